The molecule has 1 unspecified atom stereocenters. The third-order valence-corrected chi connectivity index (χ3v) is 4.03. The lowest BCUT2D eigenvalue weighted by molar-refractivity contribution is 0.296. The van der Waals surface area contributed by atoms with Crippen LogP contribution in [0.2, 0.25) is 0 Å². The lowest BCUT2D eigenvalue weighted by Gasteiger charge is -2.16. The van der Waals surface area contributed by atoms with Gasteiger partial charge in [0, 0.05) is 12.6 Å². The Hall–Kier alpha value is -1.97. The molecule has 2 aromatic carbocycles. The maximum absolute atomic E-state index is 5.70. The topological polar surface area (TPSA) is 30.5 Å². The lowest BCUT2D eigenvalue weighted by atomic mass is 10.1. The Kier molecular flexibility index (Phi) is 10.5. The zero-order chi connectivity index (χ0) is 17.9. The first-order chi connectivity index (χ1) is 12.2. The zero-order valence-corrected chi connectivity index (χ0v) is 16.6. The third kappa shape index (κ3) is 7.51. The van der Waals surface area contributed by atoms with E-state index >= 15 is 0 Å². The van der Waals surface area contributed by atoms with E-state index in [2.05, 4.69) is 61.3 Å². The number of aryl methyl sites for hydroxylation is 1. The molecule has 0 aliphatic rings. The number of hydrogen-bond donors (Lipinski definition) is 1. The summed E-state index contributed by atoms with van der Waals surface area (Å²) in [5.41, 5.74) is 2.58. The summed E-state index contributed by atoms with van der Waals surface area (Å²) in [6.45, 7) is 9.81. The fraction of sp³-hybridized carbons (Fsp3) is 0.364. The maximum Gasteiger partial charge on any atom is 0.161 e. The molecular weight excluding hydrogens is 346 g/mol. The summed E-state index contributed by atoms with van der Waals surface area (Å²) in [7, 11) is 0. The SMILES string of the molecule is C=CCOc1ccc(CNC(C)CCc2ccccc2)cc1OCC.Cl. The van der Waals surface area contributed by atoms with Crippen molar-refractivity contribution in [1.82, 2.24) is 5.32 Å². The second kappa shape index (κ2) is 12.4. The average Bonchev–Trinajstić information content (AvgIpc) is 2.65. The van der Waals surface area contributed by atoms with Gasteiger partial charge in [-0.15, -0.1) is 12.4 Å². The summed E-state index contributed by atoms with van der Waals surface area (Å²) in [6.07, 6.45) is 3.94. The molecule has 0 saturated heterocycles. The summed E-state index contributed by atoms with van der Waals surface area (Å²) >= 11 is 0. The molecule has 0 amide bonds. The molecule has 2 aromatic rings. The summed E-state index contributed by atoms with van der Waals surface area (Å²) in [6, 6.07) is 17.2. The molecule has 142 valence electrons. The molecule has 0 saturated carbocycles. The fourth-order valence-corrected chi connectivity index (χ4v) is 2.62. The van der Waals surface area contributed by atoms with Gasteiger partial charge in [-0.05, 0) is 49.9 Å². The smallest absolute Gasteiger partial charge is 0.161 e. The van der Waals surface area contributed by atoms with E-state index in [0.29, 0.717) is 19.3 Å². The van der Waals surface area contributed by atoms with Gasteiger partial charge in [-0.25, -0.2) is 0 Å². The Morgan fingerprint density at radius 3 is 2.50 bits per heavy atom. The molecule has 26 heavy (non-hydrogen) atoms. The molecule has 1 atom stereocenters. The van der Waals surface area contributed by atoms with Crippen molar-refractivity contribution in [2.24, 2.45) is 0 Å². The van der Waals surface area contributed by atoms with Gasteiger partial charge < -0.3 is 14.8 Å². The zero-order valence-electron chi connectivity index (χ0n) is 15.7. The van der Waals surface area contributed by atoms with Crippen LogP contribution in [0.15, 0.2) is 61.2 Å². The largest absolute Gasteiger partial charge is 0.490 e. The van der Waals surface area contributed by atoms with Crippen LogP contribution in [-0.4, -0.2) is 19.3 Å². The van der Waals surface area contributed by atoms with Gasteiger partial charge in [0.15, 0.2) is 11.5 Å². The van der Waals surface area contributed by atoms with Crippen LogP contribution in [0.3, 0.4) is 0 Å². The first kappa shape index (κ1) is 22.1. The second-order valence-electron chi connectivity index (χ2n) is 6.12. The highest BCUT2D eigenvalue weighted by molar-refractivity contribution is 5.85. The summed E-state index contributed by atoms with van der Waals surface area (Å²) in [5.74, 6) is 1.56. The van der Waals surface area contributed by atoms with Gasteiger partial charge in [0.05, 0.1) is 6.61 Å². The predicted molar refractivity (Wildman–Crippen MR) is 112 cm³/mol. The van der Waals surface area contributed by atoms with Gasteiger partial charge >= 0.3 is 0 Å². The molecule has 0 radical (unpaired) electrons. The average molecular weight is 376 g/mol. The standard InChI is InChI=1S/C22H29NO2.ClH/c1-4-15-25-21-14-13-20(16-22(21)24-5-2)17-23-18(3)11-12-19-9-7-6-8-10-19;/h4,6-10,13-14,16,18,23H,1,5,11-12,15,17H2,2-3H3;1H. The van der Waals surface area contributed by atoms with Crippen LogP contribution < -0.4 is 14.8 Å². The van der Waals surface area contributed by atoms with E-state index in [0.717, 1.165) is 30.9 Å². The number of benzene rings is 2. The molecule has 0 aromatic heterocycles. The van der Waals surface area contributed by atoms with Gasteiger partial charge in [-0.1, -0.05) is 49.1 Å². The van der Waals surface area contributed by atoms with Gasteiger partial charge in [-0.2, -0.15) is 0 Å². The third-order valence-electron chi connectivity index (χ3n) is 4.03. The van der Waals surface area contributed by atoms with Crippen LogP contribution in [0.25, 0.3) is 0 Å². The molecule has 0 aliphatic carbocycles. The van der Waals surface area contributed by atoms with E-state index in [4.69, 9.17) is 9.47 Å². The molecule has 1 N–H and O–H groups in total. The molecule has 0 bridgehead atoms. The van der Waals surface area contributed by atoms with Crippen molar-refractivity contribution in [1.29, 1.82) is 0 Å². The monoisotopic (exact) mass is 375 g/mol. The predicted octanol–water partition coefficient (Wildman–Crippen LogP) is 5.18. The van der Waals surface area contributed by atoms with Crippen molar-refractivity contribution in [2.75, 3.05) is 13.2 Å². The second-order valence-corrected chi connectivity index (χ2v) is 6.12. The molecule has 0 heterocycles. The van der Waals surface area contributed by atoms with E-state index in [-0.39, 0.29) is 12.4 Å². The molecule has 3 nitrogen and oxygen atoms in total. The molecule has 0 fully saturated rings. The minimum atomic E-state index is 0. The summed E-state index contributed by atoms with van der Waals surface area (Å²) < 4.78 is 11.3. The Labute approximate surface area is 163 Å². The van der Waals surface area contributed by atoms with E-state index in [1.165, 1.54) is 11.1 Å². The Bertz CT molecular complexity index is 646. The first-order valence-corrected chi connectivity index (χ1v) is 8.99. The molecule has 0 spiro atoms. The van der Waals surface area contributed by atoms with Crippen molar-refractivity contribution >= 4 is 12.4 Å². The molecule has 2 rings (SSSR count). The maximum atomic E-state index is 5.70. The Balaban J connectivity index is 0.00000338. The lowest BCUT2D eigenvalue weighted by Crippen LogP contribution is -2.26. The summed E-state index contributed by atoms with van der Waals surface area (Å²) in [4.78, 5) is 0. The van der Waals surface area contributed by atoms with Crippen molar-refractivity contribution < 1.29 is 9.47 Å². The van der Waals surface area contributed by atoms with Crippen LogP contribution in [0.4, 0.5) is 0 Å². The van der Waals surface area contributed by atoms with Gasteiger partial charge in [0.25, 0.3) is 0 Å². The van der Waals surface area contributed by atoms with E-state index in [1.54, 1.807) is 6.08 Å². The normalized spacial score (nSPS) is 11.3. The Morgan fingerprint density at radius 1 is 1.04 bits per heavy atom. The number of hydrogen-bond acceptors (Lipinski definition) is 3. The van der Waals surface area contributed by atoms with Gasteiger partial charge in [0.1, 0.15) is 6.61 Å². The fourth-order valence-electron chi connectivity index (χ4n) is 2.62. The molecular formula is C22H30ClNO2. The van der Waals surface area contributed by atoms with Crippen molar-refractivity contribution in [2.45, 2.75) is 39.3 Å². The van der Waals surface area contributed by atoms with Crippen molar-refractivity contribution in [3.63, 3.8) is 0 Å². The highest BCUT2D eigenvalue weighted by Crippen LogP contribution is 2.28. The molecule has 0 aliphatic heterocycles. The van der Waals surface area contributed by atoms with Crippen molar-refractivity contribution in [3.8, 4) is 11.5 Å². The highest BCUT2D eigenvalue weighted by atomic mass is 35.5. The van der Waals surface area contributed by atoms with Crippen LogP contribution in [0.5, 0.6) is 11.5 Å². The van der Waals surface area contributed by atoms with Gasteiger partial charge in [0.2, 0.25) is 0 Å². The van der Waals surface area contributed by atoms with Crippen LogP contribution in [-0.2, 0) is 13.0 Å². The summed E-state index contributed by atoms with van der Waals surface area (Å²) in [5, 5.41) is 3.59. The first-order valence-electron chi connectivity index (χ1n) is 8.99. The van der Waals surface area contributed by atoms with Crippen molar-refractivity contribution in [3.05, 3.63) is 72.3 Å². The van der Waals surface area contributed by atoms with E-state index in [1.807, 2.05) is 13.0 Å². The van der Waals surface area contributed by atoms with E-state index in [9.17, 15) is 0 Å². The Morgan fingerprint density at radius 2 is 1.81 bits per heavy atom. The number of rotatable bonds is 11. The number of ether oxygens (including phenoxy) is 2. The molecule has 4 heteroatoms. The van der Waals surface area contributed by atoms with Crippen LogP contribution in [0.1, 0.15) is 31.4 Å². The van der Waals surface area contributed by atoms with E-state index < -0.39 is 0 Å². The van der Waals surface area contributed by atoms with Crippen LogP contribution in [0, 0.1) is 0 Å². The minimum Gasteiger partial charge on any atom is -0.490 e. The number of halogens is 1. The van der Waals surface area contributed by atoms with Crippen LogP contribution >= 0.6 is 12.4 Å². The number of nitrogens with one attached hydrogen (secondary N) is 1. The minimum absolute atomic E-state index is 0. The van der Waals surface area contributed by atoms with Gasteiger partial charge in [-0.3, -0.25) is 0 Å². The quantitative estimate of drug-likeness (QED) is 0.549. The highest BCUT2D eigenvalue weighted by Gasteiger charge is 2.08.